The molecule has 0 spiro atoms. The minimum absolute atomic E-state index is 0.0169. The summed E-state index contributed by atoms with van der Waals surface area (Å²) in [5.74, 6) is -0.313. The Hall–Kier alpha value is -5.27. The Balaban J connectivity index is 1.40. The zero-order chi connectivity index (χ0) is 30.0. The van der Waals surface area contributed by atoms with Gasteiger partial charge in [0.1, 0.15) is 18.0 Å². The molecule has 0 aliphatic rings. The van der Waals surface area contributed by atoms with Crippen LogP contribution in [0.15, 0.2) is 127 Å². The number of rotatable bonds is 11. The minimum atomic E-state index is -0.508. The van der Waals surface area contributed by atoms with Crippen molar-refractivity contribution < 1.29 is 18.7 Å². The third kappa shape index (κ3) is 7.72. The van der Waals surface area contributed by atoms with Gasteiger partial charge in [0.15, 0.2) is 5.75 Å². The first kappa shape index (κ1) is 29.2. The van der Waals surface area contributed by atoms with E-state index in [1.165, 1.54) is 6.07 Å². The Kier molecular flexibility index (Phi) is 9.56. The number of nitrogens with two attached hydrogens (primary N) is 1. The van der Waals surface area contributed by atoms with Gasteiger partial charge in [0, 0.05) is 18.7 Å². The van der Waals surface area contributed by atoms with Crippen LogP contribution in [0.5, 0.6) is 11.5 Å². The summed E-state index contributed by atoms with van der Waals surface area (Å²) in [6.45, 7) is 0.555. The van der Waals surface area contributed by atoms with Crippen LogP contribution < -0.4 is 20.7 Å². The molecule has 0 atom stereocenters. The SMILES string of the molecule is NCc1cccc(Oc2ccccc2N(Cc2ccc(-c3ccccc3)cc2)C(=O)CC(=O)NCc2ccccc2F)c1. The van der Waals surface area contributed by atoms with E-state index < -0.39 is 24.1 Å². The van der Waals surface area contributed by atoms with Crippen molar-refractivity contribution in [3.8, 4) is 22.6 Å². The standard InChI is InChI=1S/C36H32FN3O3/c37-32-14-5-4-12-30(32)24-39-35(41)22-36(42)40(25-26-17-19-29(20-18-26)28-10-2-1-3-11-28)33-15-6-7-16-34(33)43-31-13-8-9-27(21-31)23-38/h1-21H,22-25,38H2,(H,39,41). The average molecular weight is 574 g/mol. The first-order chi connectivity index (χ1) is 21.0. The van der Waals surface area contributed by atoms with Crippen LogP contribution in [0.25, 0.3) is 11.1 Å². The van der Waals surface area contributed by atoms with Gasteiger partial charge in [-0.15, -0.1) is 0 Å². The van der Waals surface area contributed by atoms with Crippen LogP contribution in [0.1, 0.15) is 23.1 Å². The molecule has 5 aromatic rings. The smallest absolute Gasteiger partial charge is 0.236 e. The maximum atomic E-state index is 14.1. The summed E-state index contributed by atoms with van der Waals surface area (Å²) in [5, 5.41) is 2.66. The van der Waals surface area contributed by atoms with Crippen LogP contribution in [0, 0.1) is 5.82 Å². The van der Waals surface area contributed by atoms with Gasteiger partial charge in [0.2, 0.25) is 11.8 Å². The molecule has 6 nitrogen and oxygen atoms in total. The monoisotopic (exact) mass is 573 g/mol. The molecule has 2 amide bonds. The van der Waals surface area contributed by atoms with Gasteiger partial charge in [-0.25, -0.2) is 4.39 Å². The molecule has 0 bridgehead atoms. The molecule has 0 aromatic heterocycles. The normalized spacial score (nSPS) is 10.7. The number of carbonyl (C=O) groups excluding carboxylic acids is 2. The number of ether oxygens (including phenoxy) is 1. The number of benzene rings is 5. The minimum Gasteiger partial charge on any atom is -0.455 e. The van der Waals surface area contributed by atoms with Crippen molar-refractivity contribution >= 4 is 17.5 Å². The highest BCUT2D eigenvalue weighted by molar-refractivity contribution is 6.05. The second-order valence-electron chi connectivity index (χ2n) is 10.0. The third-order valence-corrected chi connectivity index (χ3v) is 6.97. The van der Waals surface area contributed by atoms with Crippen LogP contribution in [0.2, 0.25) is 0 Å². The summed E-state index contributed by atoms with van der Waals surface area (Å²) in [6.07, 6.45) is -0.423. The highest BCUT2D eigenvalue weighted by Gasteiger charge is 2.23. The molecule has 216 valence electrons. The second-order valence-corrected chi connectivity index (χ2v) is 10.0. The van der Waals surface area contributed by atoms with E-state index in [0.29, 0.717) is 29.3 Å². The van der Waals surface area contributed by atoms with Crippen molar-refractivity contribution in [2.24, 2.45) is 5.73 Å². The molecule has 5 aromatic carbocycles. The Morgan fingerprint density at radius 3 is 2.21 bits per heavy atom. The van der Waals surface area contributed by atoms with Gasteiger partial charge < -0.3 is 20.7 Å². The van der Waals surface area contributed by atoms with E-state index in [9.17, 15) is 14.0 Å². The molecule has 0 aliphatic carbocycles. The van der Waals surface area contributed by atoms with Crippen LogP contribution in [-0.2, 0) is 29.2 Å². The molecule has 0 saturated heterocycles. The lowest BCUT2D eigenvalue weighted by Crippen LogP contribution is -2.35. The lowest BCUT2D eigenvalue weighted by atomic mass is 10.0. The zero-order valence-electron chi connectivity index (χ0n) is 23.6. The van der Waals surface area contributed by atoms with Crippen molar-refractivity contribution in [1.82, 2.24) is 5.32 Å². The highest BCUT2D eigenvalue weighted by atomic mass is 19.1. The third-order valence-electron chi connectivity index (χ3n) is 6.97. The fraction of sp³-hybridized carbons (Fsp3) is 0.111. The molecule has 0 aliphatic heterocycles. The predicted molar refractivity (Wildman–Crippen MR) is 167 cm³/mol. The Morgan fingerprint density at radius 2 is 1.44 bits per heavy atom. The van der Waals surface area contributed by atoms with Gasteiger partial charge in [0.05, 0.1) is 12.2 Å². The van der Waals surface area contributed by atoms with Gasteiger partial charge in [-0.05, 0) is 52.6 Å². The number of hydrogen-bond acceptors (Lipinski definition) is 4. The molecule has 0 saturated carbocycles. The van der Waals surface area contributed by atoms with Crippen molar-refractivity contribution in [2.45, 2.75) is 26.1 Å². The molecule has 43 heavy (non-hydrogen) atoms. The summed E-state index contributed by atoms with van der Waals surface area (Å²) in [7, 11) is 0. The van der Waals surface area contributed by atoms with Gasteiger partial charge >= 0.3 is 0 Å². The number of amides is 2. The molecule has 0 radical (unpaired) electrons. The Labute approximate surface area is 250 Å². The second kappa shape index (κ2) is 14.1. The Bertz CT molecular complexity index is 1690. The molecule has 0 unspecified atom stereocenters. The van der Waals surface area contributed by atoms with E-state index in [-0.39, 0.29) is 13.1 Å². The van der Waals surface area contributed by atoms with E-state index in [1.807, 2.05) is 91.0 Å². The van der Waals surface area contributed by atoms with Crippen LogP contribution in [0.3, 0.4) is 0 Å². The predicted octanol–water partition coefficient (Wildman–Crippen LogP) is 6.98. The maximum absolute atomic E-state index is 14.1. The van der Waals surface area contributed by atoms with Gasteiger partial charge in [-0.2, -0.15) is 0 Å². The maximum Gasteiger partial charge on any atom is 0.236 e. The van der Waals surface area contributed by atoms with Gasteiger partial charge in [-0.3, -0.25) is 9.59 Å². The fourth-order valence-electron chi connectivity index (χ4n) is 4.68. The summed E-state index contributed by atoms with van der Waals surface area (Å²) < 4.78 is 20.3. The molecular formula is C36H32FN3O3. The van der Waals surface area contributed by atoms with Gasteiger partial charge in [-0.1, -0.05) is 97.1 Å². The van der Waals surface area contributed by atoms with E-state index >= 15 is 0 Å². The number of halogens is 1. The molecule has 5 rings (SSSR count). The topological polar surface area (TPSA) is 84.7 Å². The summed E-state index contributed by atoms with van der Waals surface area (Å²) in [6, 6.07) is 38.8. The van der Waals surface area contributed by atoms with E-state index in [1.54, 1.807) is 35.2 Å². The van der Waals surface area contributed by atoms with Crippen LogP contribution in [-0.4, -0.2) is 11.8 Å². The fourth-order valence-corrected chi connectivity index (χ4v) is 4.68. The van der Waals surface area contributed by atoms with Gasteiger partial charge in [0.25, 0.3) is 0 Å². The lowest BCUT2D eigenvalue weighted by molar-refractivity contribution is -0.128. The highest BCUT2D eigenvalue weighted by Crippen LogP contribution is 2.34. The number of carbonyl (C=O) groups is 2. The summed E-state index contributed by atoms with van der Waals surface area (Å²) in [5.41, 5.74) is 10.6. The van der Waals surface area contributed by atoms with E-state index in [0.717, 1.165) is 22.3 Å². The summed E-state index contributed by atoms with van der Waals surface area (Å²) in [4.78, 5) is 28.1. The molecule has 0 fully saturated rings. The molecule has 0 heterocycles. The number of anilines is 1. The zero-order valence-corrected chi connectivity index (χ0v) is 23.6. The van der Waals surface area contributed by atoms with Crippen molar-refractivity contribution in [3.63, 3.8) is 0 Å². The molecular weight excluding hydrogens is 541 g/mol. The number of nitrogens with one attached hydrogen (secondary N) is 1. The van der Waals surface area contributed by atoms with Crippen molar-refractivity contribution in [2.75, 3.05) is 4.90 Å². The Morgan fingerprint density at radius 1 is 0.744 bits per heavy atom. The quantitative estimate of drug-likeness (QED) is 0.167. The van der Waals surface area contributed by atoms with Crippen molar-refractivity contribution in [1.29, 1.82) is 0 Å². The van der Waals surface area contributed by atoms with Crippen molar-refractivity contribution in [3.05, 3.63) is 150 Å². The summed E-state index contributed by atoms with van der Waals surface area (Å²) >= 11 is 0. The molecule has 7 heteroatoms. The number of para-hydroxylation sites is 2. The molecule has 3 N–H and O–H groups in total. The number of hydrogen-bond donors (Lipinski definition) is 2. The van der Waals surface area contributed by atoms with Crippen LogP contribution in [0.4, 0.5) is 10.1 Å². The first-order valence-electron chi connectivity index (χ1n) is 14.0. The average Bonchev–Trinajstić information content (AvgIpc) is 3.04. The lowest BCUT2D eigenvalue weighted by Gasteiger charge is -2.25. The first-order valence-corrected chi connectivity index (χ1v) is 14.0. The van der Waals surface area contributed by atoms with Crippen LogP contribution >= 0.6 is 0 Å². The van der Waals surface area contributed by atoms with E-state index in [4.69, 9.17) is 10.5 Å². The largest absolute Gasteiger partial charge is 0.455 e. The van der Waals surface area contributed by atoms with E-state index in [2.05, 4.69) is 5.32 Å². The number of nitrogens with zero attached hydrogens (tertiary/aromatic N) is 1.